The van der Waals surface area contributed by atoms with Gasteiger partial charge in [0.2, 0.25) is 6.79 Å². The summed E-state index contributed by atoms with van der Waals surface area (Å²) in [6.45, 7) is 1.76. The standard InChI is InChI=1S/C16H16FNO2/c1-18(9-12-3-2-4-14(17)7-12)10-13-5-6-15-16(8-13)20-11-19-15/h2-8H,9-11H2,1H3. The lowest BCUT2D eigenvalue weighted by Gasteiger charge is -2.17. The minimum atomic E-state index is -0.195. The molecule has 0 N–H and O–H groups in total. The SMILES string of the molecule is CN(Cc1cccc(F)c1)Cc1ccc2c(c1)OCO2. The summed E-state index contributed by atoms with van der Waals surface area (Å²) < 4.78 is 23.8. The summed E-state index contributed by atoms with van der Waals surface area (Å²) in [5.74, 6) is 1.39. The molecule has 0 amide bonds. The maximum absolute atomic E-state index is 13.1. The summed E-state index contributed by atoms with van der Waals surface area (Å²) in [5, 5.41) is 0. The van der Waals surface area contributed by atoms with Crippen LogP contribution in [0.3, 0.4) is 0 Å². The van der Waals surface area contributed by atoms with Gasteiger partial charge in [0, 0.05) is 13.1 Å². The van der Waals surface area contributed by atoms with Gasteiger partial charge in [0.05, 0.1) is 0 Å². The molecule has 1 aliphatic rings. The lowest BCUT2D eigenvalue weighted by molar-refractivity contribution is 0.174. The first-order valence-electron chi connectivity index (χ1n) is 6.52. The molecule has 0 unspecified atom stereocenters. The molecular weight excluding hydrogens is 257 g/mol. The Morgan fingerprint density at radius 1 is 1.00 bits per heavy atom. The average Bonchev–Trinajstić information content (AvgIpc) is 2.86. The number of ether oxygens (including phenoxy) is 2. The molecule has 1 aliphatic heterocycles. The molecule has 0 spiro atoms. The molecule has 3 nitrogen and oxygen atoms in total. The molecule has 0 aromatic heterocycles. The van der Waals surface area contributed by atoms with Crippen molar-refractivity contribution in [1.82, 2.24) is 4.90 Å². The summed E-state index contributed by atoms with van der Waals surface area (Å²) >= 11 is 0. The highest BCUT2D eigenvalue weighted by Crippen LogP contribution is 2.32. The van der Waals surface area contributed by atoms with Crippen molar-refractivity contribution in [2.45, 2.75) is 13.1 Å². The first kappa shape index (κ1) is 12.9. The fourth-order valence-corrected chi connectivity index (χ4v) is 2.35. The minimum Gasteiger partial charge on any atom is -0.454 e. The van der Waals surface area contributed by atoms with Gasteiger partial charge in [-0.1, -0.05) is 18.2 Å². The lowest BCUT2D eigenvalue weighted by Crippen LogP contribution is -2.17. The molecule has 3 rings (SSSR count). The molecule has 0 bridgehead atoms. The van der Waals surface area contributed by atoms with Crippen LogP contribution >= 0.6 is 0 Å². The highest BCUT2D eigenvalue weighted by molar-refractivity contribution is 5.44. The number of halogens is 1. The van der Waals surface area contributed by atoms with E-state index in [1.54, 1.807) is 12.1 Å². The van der Waals surface area contributed by atoms with Crippen LogP contribution in [0.2, 0.25) is 0 Å². The average molecular weight is 273 g/mol. The Hall–Kier alpha value is -2.07. The monoisotopic (exact) mass is 273 g/mol. The summed E-state index contributed by atoms with van der Waals surface area (Å²) in [6, 6.07) is 12.6. The largest absolute Gasteiger partial charge is 0.454 e. The van der Waals surface area contributed by atoms with Gasteiger partial charge in [0.1, 0.15) is 5.82 Å². The van der Waals surface area contributed by atoms with E-state index in [9.17, 15) is 4.39 Å². The highest BCUT2D eigenvalue weighted by atomic mass is 19.1. The summed E-state index contributed by atoms with van der Waals surface area (Å²) in [4.78, 5) is 2.13. The van der Waals surface area contributed by atoms with E-state index < -0.39 is 0 Å². The summed E-state index contributed by atoms with van der Waals surface area (Å²) in [7, 11) is 2.01. The second-order valence-corrected chi connectivity index (χ2v) is 4.99. The van der Waals surface area contributed by atoms with Crippen LogP contribution in [0.25, 0.3) is 0 Å². The molecule has 104 valence electrons. The Morgan fingerprint density at radius 3 is 2.55 bits per heavy atom. The summed E-state index contributed by atoms with van der Waals surface area (Å²) in [5.41, 5.74) is 2.11. The fraction of sp³-hybridized carbons (Fsp3) is 0.250. The van der Waals surface area contributed by atoms with Gasteiger partial charge in [-0.2, -0.15) is 0 Å². The van der Waals surface area contributed by atoms with Gasteiger partial charge in [0.15, 0.2) is 11.5 Å². The van der Waals surface area contributed by atoms with Crippen LogP contribution in [0, 0.1) is 5.82 Å². The van der Waals surface area contributed by atoms with Gasteiger partial charge in [0.25, 0.3) is 0 Å². The van der Waals surface area contributed by atoms with E-state index in [2.05, 4.69) is 4.90 Å². The maximum atomic E-state index is 13.1. The van der Waals surface area contributed by atoms with Crippen molar-refractivity contribution in [3.8, 4) is 11.5 Å². The van der Waals surface area contributed by atoms with Gasteiger partial charge in [-0.3, -0.25) is 4.90 Å². The molecule has 0 radical (unpaired) electrons. The van der Waals surface area contributed by atoms with E-state index >= 15 is 0 Å². The number of nitrogens with zero attached hydrogens (tertiary/aromatic N) is 1. The topological polar surface area (TPSA) is 21.7 Å². The van der Waals surface area contributed by atoms with Crippen LogP contribution in [0.1, 0.15) is 11.1 Å². The molecule has 0 aliphatic carbocycles. The molecule has 2 aromatic carbocycles. The van der Waals surface area contributed by atoms with Gasteiger partial charge in [-0.05, 0) is 42.4 Å². The van der Waals surface area contributed by atoms with E-state index in [1.807, 2.05) is 31.3 Å². The number of fused-ring (bicyclic) bond motifs is 1. The quantitative estimate of drug-likeness (QED) is 0.854. The second kappa shape index (κ2) is 5.51. The third kappa shape index (κ3) is 2.91. The Labute approximate surface area is 117 Å². The summed E-state index contributed by atoms with van der Waals surface area (Å²) in [6.07, 6.45) is 0. The molecule has 0 saturated heterocycles. The zero-order chi connectivity index (χ0) is 13.9. The minimum absolute atomic E-state index is 0.195. The molecule has 0 saturated carbocycles. The van der Waals surface area contributed by atoms with Crippen LogP contribution in [0.5, 0.6) is 11.5 Å². The maximum Gasteiger partial charge on any atom is 0.231 e. The van der Waals surface area contributed by atoms with Gasteiger partial charge in [-0.15, -0.1) is 0 Å². The third-order valence-electron chi connectivity index (χ3n) is 3.23. The molecular formula is C16H16FNO2. The third-order valence-corrected chi connectivity index (χ3v) is 3.23. The van der Waals surface area contributed by atoms with Crippen molar-refractivity contribution in [2.24, 2.45) is 0 Å². The predicted octanol–water partition coefficient (Wildman–Crippen LogP) is 3.19. The van der Waals surface area contributed by atoms with Crippen LogP contribution in [-0.2, 0) is 13.1 Å². The molecule has 0 fully saturated rings. The molecule has 1 heterocycles. The van der Waals surface area contributed by atoms with Gasteiger partial charge >= 0.3 is 0 Å². The molecule has 20 heavy (non-hydrogen) atoms. The van der Waals surface area contributed by atoms with Crippen molar-refractivity contribution in [1.29, 1.82) is 0 Å². The Morgan fingerprint density at radius 2 is 1.75 bits per heavy atom. The Bertz CT molecular complexity index is 615. The number of hydrogen-bond acceptors (Lipinski definition) is 3. The van der Waals surface area contributed by atoms with Crippen LogP contribution in [0.4, 0.5) is 4.39 Å². The molecule has 4 heteroatoms. The van der Waals surface area contributed by atoms with Crippen molar-refractivity contribution in [3.63, 3.8) is 0 Å². The van der Waals surface area contributed by atoms with E-state index in [0.29, 0.717) is 6.54 Å². The van der Waals surface area contributed by atoms with Crippen molar-refractivity contribution >= 4 is 0 Å². The van der Waals surface area contributed by atoms with Crippen molar-refractivity contribution in [3.05, 3.63) is 59.4 Å². The van der Waals surface area contributed by atoms with E-state index in [0.717, 1.165) is 29.2 Å². The van der Waals surface area contributed by atoms with Crippen LogP contribution in [0.15, 0.2) is 42.5 Å². The molecule has 0 atom stereocenters. The zero-order valence-electron chi connectivity index (χ0n) is 11.3. The normalized spacial score (nSPS) is 12.9. The van der Waals surface area contributed by atoms with Gasteiger partial charge < -0.3 is 9.47 Å². The molecule has 2 aromatic rings. The van der Waals surface area contributed by atoms with Gasteiger partial charge in [-0.25, -0.2) is 4.39 Å². The van der Waals surface area contributed by atoms with Crippen LogP contribution in [-0.4, -0.2) is 18.7 Å². The number of rotatable bonds is 4. The fourth-order valence-electron chi connectivity index (χ4n) is 2.35. The first-order valence-corrected chi connectivity index (χ1v) is 6.52. The number of benzene rings is 2. The highest BCUT2D eigenvalue weighted by Gasteiger charge is 2.13. The van der Waals surface area contributed by atoms with Crippen LogP contribution < -0.4 is 9.47 Å². The smallest absolute Gasteiger partial charge is 0.231 e. The van der Waals surface area contributed by atoms with E-state index in [-0.39, 0.29) is 12.6 Å². The lowest BCUT2D eigenvalue weighted by atomic mass is 10.1. The first-order chi connectivity index (χ1) is 9.70. The van der Waals surface area contributed by atoms with E-state index in [1.165, 1.54) is 6.07 Å². The van der Waals surface area contributed by atoms with Crippen molar-refractivity contribution < 1.29 is 13.9 Å². The van der Waals surface area contributed by atoms with Crippen molar-refractivity contribution in [2.75, 3.05) is 13.8 Å². The van der Waals surface area contributed by atoms with E-state index in [4.69, 9.17) is 9.47 Å². The Balaban J connectivity index is 1.65. The Kier molecular flexibility index (Phi) is 3.56. The zero-order valence-corrected chi connectivity index (χ0v) is 11.3. The predicted molar refractivity (Wildman–Crippen MR) is 74.1 cm³/mol. The number of hydrogen-bond donors (Lipinski definition) is 0. The second-order valence-electron chi connectivity index (χ2n) is 4.99.